The molecule has 2 aliphatic heterocycles. The third-order valence-corrected chi connectivity index (χ3v) is 4.07. The number of hydrogen-bond acceptors (Lipinski definition) is 5. The molecule has 0 saturated carbocycles. The highest BCUT2D eigenvalue weighted by molar-refractivity contribution is 7.10. The van der Waals surface area contributed by atoms with Crippen LogP contribution in [0.4, 0.5) is 0 Å². The molecule has 2 N–H and O–H groups in total. The second-order valence-corrected chi connectivity index (χ2v) is 4.84. The number of nitrogens with zero attached hydrogens (tertiary/aromatic N) is 1. The SMILES string of the molecule is C1=NC(c2cccs2)(C2CCNC2)NO1. The summed E-state index contributed by atoms with van der Waals surface area (Å²) in [6.07, 6.45) is 2.64. The standard InChI is InChI=1S/C10H13N3OS/c1-2-9(15-5-1)10(12-7-14-13-10)8-3-4-11-6-8/h1-2,5,7-8,11,13H,3-4,6H2. The molecule has 1 aromatic heterocycles. The van der Waals surface area contributed by atoms with Gasteiger partial charge in [0.05, 0.1) is 0 Å². The van der Waals surface area contributed by atoms with Gasteiger partial charge < -0.3 is 10.2 Å². The maximum atomic E-state index is 5.13. The topological polar surface area (TPSA) is 45.7 Å². The molecule has 3 rings (SSSR count). The fourth-order valence-electron chi connectivity index (χ4n) is 2.26. The van der Waals surface area contributed by atoms with Gasteiger partial charge in [0.15, 0.2) is 12.1 Å². The highest BCUT2D eigenvalue weighted by atomic mass is 32.1. The van der Waals surface area contributed by atoms with E-state index in [1.807, 2.05) is 0 Å². The van der Waals surface area contributed by atoms with Gasteiger partial charge in [0.1, 0.15) is 0 Å². The number of rotatable bonds is 2. The van der Waals surface area contributed by atoms with E-state index in [4.69, 9.17) is 4.84 Å². The summed E-state index contributed by atoms with van der Waals surface area (Å²) >= 11 is 1.72. The largest absolute Gasteiger partial charge is 0.394 e. The van der Waals surface area contributed by atoms with E-state index in [9.17, 15) is 0 Å². The Morgan fingerprint density at radius 1 is 1.60 bits per heavy atom. The zero-order valence-electron chi connectivity index (χ0n) is 8.27. The Morgan fingerprint density at radius 2 is 2.60 bits per heavy atom. The van der Waals surface area contributed by atoms with Crippen LogP contribution < -0.4 is 10.8 Å². The second kappa shape index (κ2) is 3.59. The highest BCUT2D eigenvalue weighted by Crippen LogP contribution is 2.38. The van der Waals surface area contributed by atoms with Crippen molar-refractivity contribution >= 4 is 17.7 Å². The lowest BCUT2D eigenvalue weighted by Crippen LogP contribution is -2.43. The van der Waals surface area contributed by atoms with Crippen molar-refractivity contribution in [3.05, 3.63) is 22.4 Å². The van der Waals surface area contributed by atoms with Crippen molar-refractivity contribution in [2.75, 3.05) is 13.1 Å². The minimum Gasteiger partial charge on any atom is -0.394 e. The van der Waals surface area contributed by atoms with Gasteiger partial charge in [-0.05, 0) is 24.4 Å². The lowest BCUT2D eigenvalue weighted by molar-refractivity contribution is 0.0857. The lowest BCUT2D eigenvalue weighted by Gasteiger charge is -2.29. The summed E-state index contributed by atoms with van der Waals surface area (Å²) in [6.45, 7) is 2.06. The summed E-state index contributed by atoms with van der Waals surface area (Å²) in [5.41, 5.74) is 2.71. The molecule has 15 heavy (non-hydrogen) atoms. The van der Waals surface area contributed by atoms with Crippen LogP contribution in [0.2, 0.25) is 0 Å². The molecule has 0 aliphatic carbocycles. The smallest absolute Gasteiger partial charge is 0.198 e. The van der Waals surface area contributed by atoms with Crippen molar-refractivity contribution in [1.82, 2.24) is 10.8 Å². The van der Waals surface area contributed by atoms with E-state index in [0.717, 1.165) is 19.5 Å². The monoisotopic (exact) mass is 223 g/mol. The molecule has 2 atom stereocenters. The van der Waals surface area contributed by atoms with Gasteiger partial charge in [-0.25, -0.2) is 4.99 Å². The van der Waals surface area contributed by atoms with Crippen molar-refractivity contribution < 1.29 is 4.84 Å². The third kappa shape index (κ3) is 1.39. The molecule has 1 saturated heterocycles. The zero-order chi connectivity index (χ0) is 10.1. The Balaban J connectivity index is 1.98. The first kappa shape index (κ1) is 9.33. The summed E-state index contributed by atoms with van der Waals surface area (Å²) in [4.78, 5) is 10.9. The second-order valence-electron chi connectivity index (χ2n) is 3.89. The molecule has 0 radical (unpaired) electrons. The Kier molecular flexibility index (Phi) is 2.23. The van der Waals surface area contributed by atoms with E-state index >= 15 is 0 Å². The van der Waals surface area contributed by atoms with Crippen LogP contribution in [-0.4, -0.2) is 19.5 Å². The van der Waals surface area contributed by atoms with Crippen LogP contribution in [0, 0.1) is 5.92 Å². The average molecular weight is 223 g/mol. The lowest BCUT2D eigenvalue weighted by atomic mass is 9.91. The van der Waals surface area contributed by atoms with E-state index in [1.165, 1.54) is 11.3 Å². The molecular formula is C10H13N3OS. The fourth-order valence-corrected chi connectivity index (χ4v) is 3.16. The van der Waals surface area contributed by atoms with E-state index in [0.29, 0.717) is 5.92 Å². The Bertz CT molecular complexity index is 359. The predicted octanol–water partition coefficient (Wildman–Crippen LogP) is 1.07. The van der Waals surface area contributed by atoms with Gasteiger partial charge in [-0.2, -0.15) is 0 Å². The minimum atomic E-state index is -0.350. The van der Waals surface area contributed by atoms with E-state index in [1.54, 1.807) is 11.3 Å². The van der Waals surface area contributed by atoms with Crippen molar-refractivity contribution in [1.29, 1.82) is 0 Å². The molecule has 0 bridgehead atoms. The minimum absolute atomic E-state index is 0.350. The summed E-state index contributed by atoms with van der Waals surface area (Å²) < 4.78 is 0. The van der Waals surface area contributed by atoms with Gasteiger partial charge in [-0.1, -0.05) is 6.07 Å². The van der Waals surface area contributed by atoms with E-state index < -0.39 is 0 Å². The van der Waals surface area contributed by atoms with E-state index in [2.05, 4.69) is 33.3 Å². The number of thiophene rings is 1. The van der Waals surface area contributed by atoms with Crippen molar-refractivity contribution in [2.24, 2.45) is 10.9 Å². The van der Waals surface area contributed by atoms with Crippen LogP contribution >= 0.6 is 11.3 Å². The van der Waals surface area contributed by atoms with Crippen LogP contribution in [0.25, 0.3) is 0 Å². The maximum absolute atomic E-state index is 5.13. The van der Waals surface area contributed by atoms with Crippen molar-refractivity contribution in [2.45, 2.75) is 12.1 Å². The van der Waals surface area contributed by atoms with Crippen LogP contribution in [0.1, 0.15) is 11.3 Å². The predicted molar refractivity (Wildman–Crippen MR) is 59.7 cm³/mol. The van der Waals surface area contributed by atoms with E-state index in [-0.39, 0.29) is 5.66 Å². The van der Waals surface area contributed by atoms with Crippen LogP contribution in [0.15, 0.2) is 22.5 Å². The normalized spacial score (nSPS) is 34.5. The summed E-state index contributed by atoms with van der Waals surface area (Å²) in [7, 11) is 0. The number of nitrogens with one attached hydrogen (secondary N) is 2. The molecule has 2 aliphatic rings. The van der Waals surface area contributed by atoms with Gasteiger partial charge in [0.25, 0.3) is 0 Å². The Labute approximate surface area is 92.3 Å². The molecule has 0 spiro atoms. The quantitative estimate of drug-likeness (QED) is 0.788. The zero-order valence-corrected chi connectivity index (χ0v) is 9.09. The van der Waals surface area contributed by atoms with Crippen LogP contribution in [0.3, 0.4) is 0 Å². The number of hydrogen-bond donors (Lipinski definition) is 2. The van der Waals surface area contributed by atoms with Crippen molar-refractivity contribution in [3.63, 3.8) is 0 Å². The molecule has 4 nitrogen and oxygen atoms in total. The van der Waals surface area contributed by atoms with Gasteiger partial charge in [0.2, 0.25) is 0 Å². The molecular weight excluding hydrogens is 210 g/mol. The molecule has 5 heteroatoms. The number of aliphatic imine (C=N–C) groups is 1. The molecule has 3 heterocycles. The van der Waals surface area contributed by atoms with Crippen LogP contribution in [-0.2, 0) is 10.5 Å². The maximum Gasteiger partial charge on any atom is 0.198 e. The summed E-state index contributed by atoms with van der Waals surface area (Å²) in [5.74, 6) is 0.467. The molecule has 2 unspecified atom stereocenters. The molecule has 1 fully saturated rings. The van der Waals surface area contributed by atoms with Gasteiger partial charge in [0, 0.05) is 17.3 Å². The summed E-state index contributed by atoms with van der Waals surface area (Å²) in [5, 5.41) is 5.45. The average Bonchev–Trinajstić information content (AvgIpc) is 3.02. The molecule has 80 valence electrons. The first-order chi connectivity index (χ1) is 7.42. The Hall–Kier alpha value is -0.910. The number of hydroxylamine groups is 1. The molecule has 1 aromatic rings. The highest BCUT2D eigenvalue weighted by Gasteiger charge is 2.45. The van der Waals surface area contributed by atoms with Gasteiger partial charge >= 0.3 is 0 Å². The fraction of sp³-hybridized carbons (Fsp3) is 0.500. The molecule has 0 aromatic carbocycles. The van der Waals surface area contributed by atoms with Crippen LogP contribution in [0.5, 0.6) is 0 Å². The van der Waals surface area contributed by atoms with Gasteiger partial charge in [-0.3, -0.25) is 0 Å². The Morgan fingerprint density at radius 3 is 3.20 bits per heavy atom. The molecule has 0 amide bonds. The summed E-state index contributed by atoms with van der Waals surface area (Å²) in [6, 6.07) is 4.17. The third-order valence-electron chi connectivity index (χ3n) is 3.07. The van der Waals surface area contributed by atoms with Gasteiger partial charge in [-0.15, -0.1) is 16.8 Å². The first-order valence-electron chi connectivity index (χ1n) is 5.13. The first-order valence-corrected chi connectivity index (χ1v) is 6.01. The van der Waals surface area contributed by atoms with Crippen molar-refractivity contribution in [3.8, 4) is 0 Å².